The number of aromatic nitrogens is 2. The number of nitrogens with zero attached hydrogens (tertiary/aromatic N) is 1. The second kappa shape index (κ2) is 4.14. The lowest BCUT2D eigenvalue weighted by atomic mass is 10.3. The van der Waals surface area contributed by atoms with Crippen molar-refractivity contribution < 1.29 is 4.39 Å². The summed E-state index contributed by atoms with van der Waals surface area (Å²) in [6.45, 7) is 1.67. The maximum atomic E-state index is 12.6. The Kier molecular flexibility index (Phi) is 2.68. The van der Waals surface area contributed by atoms with Crippen LogP contribution in [0, 0.1) is 12.7 Å². The van der Waals surface area contributed by atoms with Crippen LogP contribution in [0.25, 0.3) is 0 Å². The van der Waals surface area contributed by atoms with E-state index in [1.807, 2.05) is 0 Å². The molecule has 0 bridgehead atoms. The molecule has 0 fully saturated rings. The second-order valence-electron chi connectivity index (χ2n) is 3.38. The quantitative estimate of drug-likeness (QED) is 0.811. The van der Waals surface area contributed by atoms with Crippen LogP contribution in [0.4, 0.5) is 16.0 Å². The van der Waals surface area contributed by atoms with Crippen LogP contribution in [-0.2, 0) is 0 Å². The average molecular weight is 219 g/mol. The Hall–Kier alpha value is -2.17. The van der Waals surface area contributed by atoms with Crippen molar-refractivity contribution in [2.45, 2.75) is 6.92 Å². The van der Waals surface area contributed by atoms with Gasteiger partial charge < -0.3 is 5.32 Å². The van der Waals surface area contributed by atoms with E-state index >= 15 is 0 Å². The first-order chi connectivity index (χ1) is 7.65. The van der Waals surface area contributed by atoms with Crippen LogP contribution in [0.5, 0.6) is 0 Å². The van der Waals surface area contributed by atoms with Gasteiger partial charge in [-0.05, 0) is 31.2 Å². The number of hydrogen-bond donors (Lipinski definition) is 2. The topological polar surface area (TPSA) is 57.8 Å². The predicted octanol–water partition coefficient (Wildman–Crippen LogP) is 1.96. The van der Waals surface area contributed by atoms with E-state index in [1.165, 1.54) is 18.3 Å². The molecule has 0 radical (unpaired) electrons. The van der Waals surface area contributed by atoms with E-state index in [2.05, 4.69) is 15.3 Å². The van der Waals surface area contributed by atoms with E-state index < -0.39 is 0 Å². The summed E-state index contributed by atoms with van der Waals surface area (Å²) >= 11 is 0. The summed E-state index contributed by atoms with van der Waals surface area (Å²) in [5, 5.41) is 2.87. The van der Waals surface area contributed by atoms with Crippen molar-refractivity contribution in [3.8, 4) is 0 Å². The molecule has 0 aliphatic heterocycles. The highest BCUT2D eigenvalue weighted by Crippen LogP contribution is 2.11. The van der Waals surface area contributed by atoms with Crippen molar-refractivity contribution in [1.82, 2.24) is 9.97 Å². The molecule has 1 heterocycles. The van der Waals surface area contributed by atoms with Crippen LogP contribution in [0.1, 0.15) is 5.56 Å². The fraction of sp³-hybridized carbons (Fsp3) is 0.0909. The number of anilines is 2. The molecule has 0 unspecified atom stereocenters. The van der Waals surface area contributed by atoms with Gasteiger partial charge in [0.2, 0.25) is 5.95 Å². The molecule has 1 aromatic heterocycles. The molecule has 5 heteroatoms. The van der Waals surface area contributed by atoms with Crippen molar-refractivity contribution in [2.24, 2.45) is 0 Å². The highest BCUT2D eigenvalue weighted by atomic mass is 19.1. The molecule has 0 aliphatic carbocycles. The summed E-state index contributed by atoms with van der Waals surface area (Å²) < 4.78 is 12.6. The third-order valence-corrected chi connectivity index (χ3v) is 2.08. The standard InChI is InChI=1S/C11H10FN3O/c1-7-6-13-11(15-10(7)16)14-9-4-2-8(12)3-5-9/h2-6H,1H3,(H2,13,14,15,16). The van der Waals surface area contributed by atoms with Gasteiger partial charge in [-0.2, -0.15) is 0 Å². The fourth-order valence-corrected chi connectivity index (χ4v) is 1.19. The van der Waals surface area contributed by atoms with E-state index in [-0.39, 0.29) is 11.4 Å². The molecule has 0 aliphatic rings. The van der Waals surface area contributed by atoms with Gasteiger partial charge in [0.1, 0.15) is 5.82 Å². The molecule has 16 heavy (non-hydrogen) atoms. The zero-order chi connectivity index (χ0) is 11.5. The van der Waals surface area contributed by atoms with E-state index in [0.717, 1.165) is 0 Å². The Bertz CT molecular complexity index is 548. The molecule has 0 saturated heterocycles. The summed E-state index contributed by atoms with van der Waals surface area (Å²) in [6.07, 6.45) is 1.48. The van der Waals surface area contributed by atoms with Crippen molar-refractivity contribution in [3.63, 3.8) is 0 Å². The van der Waals surface area contributed by atoms with E-state index in [0.29, 0.717) is 17.2 Å². The minimum atomic E-state index is -0.309. The van der Waals surface area contributed by atoms with Crippen LogP contribution in [0.15, 0.2) is 35.3 Å². The zero-order valence-corrected chi connectivity index (χ0v) is 8.62. The molecule has 82 valence electrons. The van der Waals surface area contributed by atoms with Crippen LogP contribution in [0.3, 0.4) is 0 Å². The monoisotopic (exact) mass is 219 g/mol. The van der Waals surface area contributed by atoms with E-state index in [4.69, 9.17) is 0 Å². The summed E-state index contributed by atoms with van der Waals surface area (Å²) in [5.74, 6) is 0.0260. The first-order valence-electron chi connectivity index (χ1n) is 4.73. The normalized spacial score (nSPS) is 10.1. The van der Waals surface area contributed by atoms with Crippen molar-refractivity contribution >= 4 is 11.6 Å². The molecule has 0 saturated carbocycles. The Morgan fingerprint density at radius 3 is 2.62 bits per heavy atom. The molecule has 1 aromatic carbocycles. The highest BCUT2D eigenvalue weighted by molar-refractivity contribution is 5.52. The number of H-pyrrole nitrogens is 1. The van der Waals surface area contributed by atoms with Gasteiger partial charge in [0.15, 0.2) is 0 Å². The van der Waals surface area contributed by atoms with Gasteiger partial charge in [0.05, 0.1) is 0 Å². The Morgan fingerprint density at radius 1 is 1.31 bits per heavy atom. The van der Waals surface area contributed by atoms with Gasteiger partial charge in [0.25, 0.3) is 5.56 Å². The van der Waals surface area contributed by atoms with Gasteiger partial charge in [-0.25, -0.2) is 9.37 Å². The largest absolute Gasteiger partial charge is 0.326 e. The number of nitrogens with one attached hydrogen (secondary N) is 2. The average Bonchev–Trinajstić information content (AvgIpc) is 2.27. The molecular formula is C11H10FN3O. The minimum Gasteiger partial charge on any atom is -0.326 e. The summed E-state index contributed by atoms with van der Waals surface area (Å²) in [5.41, 5.74) is 1.01. The molecule has 0 amide bonds. The third-order valence-electron chi connectivity index (χ3n) is 2.08. The van der Waals surface area contributed by atoms with Gasteiger partial charge >= 0.3 is 0 Å². The second-order valence-corrected chi connectivity index (χ2v) is 3.38. The zero-order valence-electron chi connectivity index (χ0n) is 8.62. The van der Waals surface area contributed by atoms with Crippen molar-refractivity contribution in [3.05, 3.63) is 52.2 Å². The van der Waals surface area contributed by atoms with E-state index in [1.54, 1.807) is 19.1 Å². The molecule has 2 N–H and O–H groups in total. The molecule has 4 nitrogen and oxygen atoms in total. The first-order valence-corrected chi connectivity index (χ1v) is 4.73. The maximum Gasteiger partial charge on any atom is 0.255 e. The molecule has 2 rings (SSSR count). The molecule has 0 atom stereocenters. The lowest BCUT2D eigenvalue weighted by molar-refractivity contribution is 0.628. The summed E-state index contributed by atoms with van der Waals surface area (Å²) in [4.78, 5) is 17.9. The van der Waals surface area contributed by atoms with Crippen LogP contribution >= 0.6 is 0 Å². The van der Waals surface area contributed by atoms with Crippen LogP contribution < -0.4 is 10.9 Å². The minimum absolute atomic E-state index is 0.195. The number of halogens is 1. The predicted molar refractivity (Wildman–Crippen MR) is 59.3 cm³/mol. The first kappa shape index (κ1) is 10.4. The smallest absolute Gasteiger partial charge is 0.255 e. The molecule has 2 aromatic rings. The molecular weight excluding hydrogens is 209 g/mol. The van der Waals surface area contributed by atoms with Gasteiger partial charge in [-0.15, -0.1) is 0 Å². The van der Waals surface area contributed by atoms with Gasteiger partial charge in [-0.3, -0.25) is 9.78 Å². The van der Waals surface area contributed by atoms with Crippen LogP contribution in [-0.4, -0.2) is 9.97 Å². The molecule has 0 spiro atoms. The Morgan fingerprint density at radius 2 is 2.00 bits per heavy atom. The highest BCUT2D eigenvalue weighted by Gasteiger charge is 1.99. The van der Waals surface area contributed by atoms with Crippen LogP contribution in [0.2, 0.25) is 0 Å². The van der Waals surface area contributed by atoms with Crippen molar-refractivity contribution in [2.75, 3.05) is 5.32 Å². The number of benzene rings is 1. The Labute approximate surface area is 91.2 Å². The van der Waals surface area contributed by atoms with Crippen molar-refractivity contribution in [1.29, 1.82) is 0 Å². The number of rotatable bonds is 2. The van der Waals surface area contributed by atoms with Gasteiger partial charge in [0, 0.05) is 17.4 Å². The summed E-state index contributed by atoms with van der Waals surface area (Å²) in [7, 11) is 0. The SMILES string of the molecule is Cc1cnc(Nc2ccc(F)cc2)[nH]c1=O. The maximum absolute atomic E-state index is 12.6. The number of aromatic amines is 1. The fourth-order valence-electron chi connectivity index (χ4n) is 1.19. The third kappa shape index (κ3) is 2.25. The lowest BCUT2D eigenvalue weighted by Crippen LogP contribution is -2.12. The number of aryl methyl sites for hydroxylation is 1. The summed E-state index contributed by atoms with van der Waals surface area (Å²) in [6, 6.07) is 5.79. The lowest BCUT2D eigenvalue weighted by Gasteiger charge is -2.04. The van der Waals surface area contributed by atoms with Gasteiger partial charge in [-0.1, -0.05) is 0 Å². The Balaban J connectivity index is 2.24. The van der Waals surface area contributed by atoms with E-state index in [9.17, 15) is 9.18 Å². The number of hydrogen-bond acceptors (Lipinski definition) is 3.